The van der Waals surface area contributed by atoms with Gasteiger partial charge in [-0.3, -0.25) is 4.79 Å². The van der Waals surface area contributed by atoms with Crippen molar-refractivity contribution in [1.29, 1.82) is 0 Å². The average Bonchev–Trinajstić information content (AvgIpc) is 2.41. The van der Waals surface area contributed by atoms with E-state index in [1.807, 2.05) is 0 Å². The van der Waals surface area contributed by atoms with Crippen molar-refractivity contribution in [3.8, 4) is 0 Å². The Labute approximate surface area is 114 Å². The van der Waals surface area contributed by atoms with Crippen LogP contribution in [0.4, 0.5) is 13.2 Å². The number of halogens is 3. The Morgan fingerprint density at radius 3 is 2.40 bits per heavy atom. The second kappa shape index (κ2) is 5.77. The molecule has 0 bridgehead atoms. The fourth-order valence-corrected chi connectivity index (χ4v) is 1.82. The third kappa shape index (κ3) is 2.99. The lowest BCUT2D eigenvalue weighted by atomic mass is 10.1. The van der Waals surface area contributed by atoms with Gasteiger partial charge < -0.3 is 4.90 Å². The number of carbonyl (C=O) groups excluding carboxylic acids is 1. The molecule has 2 nitrogen and oxygen atoms in total. The third-order valence-corrected chi connectivity index (χ3v) is 2.87. The van der Waals surface area contributed by atoms with E-state index in [0.717, 1.165) is 12.1 Å². The van der Waals surface area contributed by atoms with E-state index in [2.05, 4.69) is 0 Å². The first-order chi connectivity index (χ1) is 9.49. The summed E-state index contributed by atoms with van der Waals surface area (Å²) >= 11 is 0. The van der Waals surface area contributed by atoms with Crippen molar-refractivity contribution in [2.24, 2.45) is 0 Å². The molecule has 104 valence electrons. The Bertz CT molecular complexity index is 643. The van der Waals surface area contributed by atoms with Gasteiger partial charge in [-0.15, -0.1) is 0 Å². The maximum absolute atomic E-state index is 13.5. The van der Waals surface area contributed by atoms with E-state index in [1.165, 1.54) is 36.2 Å². The largest absolute Gasteiger partial charge is 0.337 e. The first-order valence-electron chi connectivity index (χ1n) is 5.93. The van der Waals surface area contributed by atoms with Crippen LogP contribution in [0.3, 0.4) is 0 Å². The molecule has 0 atom stereocenters. The zero-order valence-corrected chi connectivity index (χ0v) is 10.7. The zero-order valence-electron chi connectivity index (χ0n) is 10.7. The van der Waals surface area contributed by atoms with Crippen LogP contribution in [-0.2, 0) is 6.54 Å². The molecule has 2 rings (SSSR count). The molecule has 2 aromatic rings. The molecule has 0 fully saturated rings. The summed E-state index contributed by atoms with van der Waals surface area (Å²) in [6, 6.07) is 8.68. The van der Waals surface area contributed by atoms with E-state index in [4.69, 9.17) is 0 Å². The number of hydrogen-bond donors (Lipinski definition) is 0. The summed E-state index contributed by atoms with van der Waals surface area (Å²) < 4.78 is 39.8. The predicted octanol–water partition coefficient (Wildman–Crippen LogP) is 3.38. The molecule has 0 unspecified atom stereocenters. The van der Waals surface area contributed by atoms with E-state index in [1.54, 1.807) is 6.07 Å². The predicted molar refractivity (Wildman–Crippen MR) is 68.6 cm³/mol. The molecule has 1 amide bonds. The van der Waals surface area contributed by atoms with Crippen molar-refractivity contribution in [3.63, 3.8) is 0 Å². The van der Waals surface area contributed by atoms with Gasteiger partial charge in [0.2, 0.25) is 0 Å². The van der Waals surface area contributed by atoms with E-state index in [-0.39, 0.29) is 17.7 Å². The zero-order chi connectivity index (χ0) is 14.7. The summed E-state index contributed by atoms with van der Waals surface area (Å²) in [6.07, 6.45) is 0. The molecule has 0 saturated carbocycles. The van der Waals surface area contributed by atoms with Crippen LogP contribution in [0.15, 0.2) is 42.5 Å². The van der Waals surface area contributed by atoms with Gasteiger partial charge in [0.05, 0.1) is 5.56 Å². The average molecular weight is 279 g/mol. The SMILES string of the molecule is CN(Cc1ccc(F)cc1F)C(=O)c1ccccc1F. The van der Waals surface area contributed by atoms with Crippen LogP contribution in [0.5, 0.6) is 0 Å². The highest BCUT2D eigenvalue weighted by Crippen LogP contribution is 2.14. The number of amides is 1. The smallest absolute Gasteiger partial charge is 0.256 e. The van der Waals surface area contributed by atoms with Crippen LogP contribution in [0.2, 0.25) is 0 Å². The van der Waals surface area contributed by atoms with Gasteiger partial charge in [-0.2, -0.15) is 0 Å². The fourth-order valence-electron chi connectivity index (χ4n) is 1.82. The first-order valence-corrected chi connectivity index (χ1v) is 5.93. The Hall–Kier alpha value is -2.30. The van der Waals surface area contributed by atoms with Crippen LogP contribution in [0.25, 0.3) is 0 Å². The number of rotatable bonds is 3. The van der Waals surface area contributed by atoms with Crippen molar-refractivity contribution in [2.75, 3.05) is 7.05 Å². The van der Waals surface area contributed by atoms with Crippen molar-refractivity contribution in [3.05, 3.63) is 71.0 Å². The lowest BCUT2D eigenvalue weighted by Gasteiger charge is -2.18. The first kappa shape index (κ1) is 14.1. The number of benzene rings is 2. The molecule has 0 radical (unpaired) electrons. The van der Waals surface area contributed by atoms with Crippen LogP contribution in [-0.4, -0.2) is 17.9 Å². The van der Waals surface area contributed by atoms with E-state index in [9.17, 15) is 18.0 Å². The second-order valence-electron chi connectivity index (χ2n) is 4.38. The second-order valence-corrected chi connectivity index (χ2v) is 4.38. The highest BCUT2D eigenvalue weighted by atomic mass is 19.1. The van der Waals surface area contributed by atoms with Gasteiger partial charge in [0.1, 0.15) is 17.5 Å². The van der Waals surface area contributed by atoms with E-state index >= 15 is 0 Å². The number of nitrogens with zero attached hydrogens (tertiary/aromatic N) is 1. The van der Waals surface area contributed by atoms with Crippen LogP contribution >= 0.6 is 0 Å². The monoisotopic (exact) mass is 279 g/mol. The van der Waals surface area contributed by atoms with Crippen LogP contribution in [0, 0.1) is 17.5 Å². The van der Waals surface area contributed by atoms with Crippen molar-refractivity contribution >= 4 is 5.91 Å². The Kier molecular flexibility index (Phi) is 4.08. The summed E-state index contributed by atoms with van der Waals surface area (Å²) in [5, 5.41) is 0. The standard InChI is InChI=1S/C15H12F3NO/c1-19(9-10-6-7-11(16)8-14(10)18)15(20)12-4-2-3-5-13(12)17/h2-8H,9H2,1H3. The van der Waals surface area contributed by atoms with Crippen LogP contribution in [0.1, 0.15) is 15.9 Å². The van der Waals surface area contributed by atoms with Gasteiger partial charge in [0.25, 0.3) is 5.91 Å². The Balaban J connectivity index is 2.18. The van der Waals surface area contributed by atoms with Crippen molar-refractivity contribution < 1.29 is 18.0 Å². The highest BCUT2D eigenvalue weighted by Gasteiger charge is 2.17. The molecule has 0 aliphatic carbocycles. The number of hydrogen-bond acceptors (Lipinski definition) is 1. The minimum atomic E-state index is -0.738. The molecule has 0 N–H and O–H groups in total. The molecule has 20 heavy (non-hydrogen) atoms. The van der Waals surface area contributed by atoms with Crippen molar-refractivity contribution in [1.82, 2.24) is 4.90 Å². The summed E-state index contributed by atoms with van der Waals surface area (Å²) in [5.74, 6) is -2.62. The number of carbonyl (C=O) groups is 1. The lowest BCUT2D eigenvalue weighted by molar-refractivity contribution is 0.0779. The maximum Gasteiger partial charge on any atom is 0.256 e. The molecule has 5 heteroatoms. The molecule has 0 aliphatic rings. The minimum Gasteiger partial charge on any atom is -0.337 e. The van der Waals surface area contributed by atoms with Gasteiger partial charge in [-0.05, 0) is 18.2 Å². The van der Waals surface area contributed by atoms with Gasteiger partial charge in [0.15, 0.2) is 0 Å². The Morgan fingerprint density at radius 1 is 1.05 bits per heavy atom. The molecule has 0 spiro atoms. The summed E-state index contributed by atoms with van der Waals surface area (Å²) in [5.41, 5.74) is 0.0797. The molecule has 0 aromatic heterocycles. The topological polar surface area (TPSA) is 20.3 Å². The van der Waals surface area contributed by atoms with E-state index in [0.29, 0.717) is 0 Å². The summed E-state index contributed by atoms with van der Waals surface area (Å²) in [6.45, 7) is -0.0702. The maximum atomic E-state index is 13.5. The third-order valence-electron chi connectivity index (χ3n) is 2.87. The molecule has 2 aromatic carbocycles. The van der Waals surface area contributed by atoms with Gasteiger partial charge in [-0.1, -0.05) is 18.2 Å². The molecule has 0 heterocycles. The van der Waals surface area contributed by atoms with Gasteiger partial charge in [-0.25, -0.2) is 13.2 Å². The molecular weight excluding hydrogens is 267 g/mol. The molecular formula is C15H12F3NO. The van der Waals surface area contributed by atoms with Gasteiger partial charge >= 0.3 is 0 Å². The summed E-state index contributed by atoms with van der Waals surface area (Å²) in [4.78, 5) is 13.2. The molecule has 0 saturated heterocycles. The normalized spacial score (nSPS) is 10.4. The quantitative estimate of drug-likeness (QED) is 0.843. The van der Waals surface area contributed by atoms with E-state index < -0.39 is 23.4 Å². The highest BCUT2D eigenvalue weighted by molar-refractivity contribution is 5.94. The molecule has 0 aliphatic heterocycles. The minimum absolute atomic E-state index is 0.0702. The van der Waals surface area contributed by atoms with Gasteiger partial charge in [0, 0.05) is 25.2 Å². The summed E-state index contributed by atoms with van der Waals surface area (Å²) in [7, 11) is 1.43. The lowest BCUT2D eigenvalue weighted by Crippen LogP contribution is -2.27. The van der Waals surface area contributed by atoms with Crippen molar-refractivity contribution in [2.45, 2.75) is 6.54 Å². The van der Waals surface area contributed by atoms with Crippen LogP contribution < -0.4 is 0 Å². The Morgan fingerprint density at radius 2 is 1.75 bits per heavy atom. The fraction of sp³-hybridized carbons (Fsp3) is 0.133.